The lowest BCUT2D eigenvalue weighted by Crippen LogP contribution is -2.35. The van der Waals surface area contributed by atoms with Crippen molar-refractivity contribution >= 4 is 5.91 Å². The van der Waals surface area contributed by atoms with Gasteiger partial charge < -0.3 is 20.3 Å². The molecule has 102 valence electrons. The first-order valence-corrected chi connectivity index (χ1v) is 6.36. The number of rotatable bonds is 7. The molecule has 1 heterocycles. The Labute approximate surface area is 108 Å². The molecule has 0 saturated carbocycles. The maximum atomic E-state index is 11.9. The first-order valence-electron chi connectivity index (χ1n) is 6.36. The molecule has 3 N–H and O–H groups in total. The first kappa shape index (κ1) is 14.7. The Morgan fingerprint density at radius 2 is 2.11 bits per heavy atom. The third-order valence-corrected chi connectivity index (χ3v) is 2.59. The van der Waals surface area contributed by atoms with Crippen LogP contribution in [-0.2, 0) is 0 Å². The molecule has 0 aliphatic carbocycles. The van der Waals surface area contributed by atoms with Gasteiger partial charge in [-0.05, 0) is 32.9 Å². The Morgan fingerprint density at radius 1 is 1.39 bits per heavy atom. The maximum Gasteiger partial charge on any atom is 0.267 e. The van der Waals surface area contributed by atoms with E-state index in [1.54, 1.807) is 6.92 Å². The van der Waals surface area contributed by atoms with Gasteiger partial charge in [-0.1, -0.05) is 0 Å². The molecule has 1 rings (SSSR count). The molecule has 0 radical (unpaired) electrons. The van der Waals surface area contributed by atoms with Crippen LogP contribution in [0.2, 0.25) is 0 Å². The van der Waals surface area contributed by atoms with Gasteiger partial charge in [0.25, 0.3) is 5.91 Å². The standard InChI is InChI=1S/C13H23N3O2/c1-10(2)16-8-4-5-12(16)13(18)15-7-6-14-9-11(3)17/h4-5,8,10-11,14,17H,6-7,9H2,1-3H3,(H,15,18). The van der Waals surface area contributed by atoms with Gasteiger partial charge in [0.05, 0.1) is 6.10 Å². The predicted octanol–water partition coefficient (Wildman–Crippen LogP) is 0.769. The van der Waals surface area contributed by atoms with Gasteiger partial charge in [0, 0.05) is 31.9 Å². The molecule has 1 unspecified atom stereocenters. The highest BCUT2D eigenvalue weighted by atomic mass is 16.3. The summed E-state index contributed by atoms with van der Waals surface area (Å²) in [6.07, 6.45) is 1.55. The molecule has 0 aliphatic heterocycles. The van der Waals surface area contributed by atoms with E-state index in [1.807, 2.05) is 36.7 Å². The van der Waals surface area contributed by atoms with Crippen LogP contribution in [0.15, 0.2) is 18.3 Å². The Hall–Kier alpha value is -1.33. The number of aliphatic hydroxyl groups is 1. The third kappa shape index (κ3) is 4.50. The number of hydrogen-bond acceptors (Lipinski definition) is 3. The fourth-order valence-corrected chi connectivity index (χ4v) is 1.70. The van der Waals surface area contributed by atoms with Crippen LogP contribution in [0, 0.1) is 0 Å². The average molecular weight is 253 g/mol. The van der Waals surface area contributed by atoms with Crippen LogP contribution in [0.25, 0.3) is 0 Å². The number of aliphatic hydroxyl groups excluding tert-OH is 1. The highest BCUT2D eigenvalue weighted by Gasteiger charge is 2.11. The number of nitrogens with one attached hydrogen (secondary N) is 2. The van der Waals surface area contributed by atoms with Gasteiger partial charge in [0.1, 0.15) is 5.69 Å². The van der Waals surface area contributed by atoms with Crippen LogP contribution in [0.1, 0.15) is 37.3 Å². The predicted molar refractivity (Wildman–Crippen MR) is 71.7 cm³/mol. The van der Waals surface area contributed by atoms with Crippen molar-refractivity contribution in [3.05, 3.63) is 24.0 Å². The number of hydrogen-bond donors (Lipinski definition) is 3. The summed E-state index contributed by atoms with van der Waals surface area (Å²) in [5.74, 6) is -0.0625. The van der Waals surface area contributed by atoms with Crippen LogP contribution in [0.4, 0.5) is 0 Å². The van der Waals surface area contributed by atoms with Gasteiger partial charge in [0.15, 0.2) is 0 Å². The van der Waals surface area contributed by atoms with Gasteiger partial charge in [-0.2, -0.15) is 0 Å². The van der Waals surface area contributed by atoms with E-state index >= 15 is 0 Å². The molecule has 5 nitrogen and oxygen atoms in total. The van der Waals surface area contributed by atoms with Gasteiger partial charge in [0.2, 0.25) is 0 Å². The van der Waals surface area contributed by atoms with Crippen molar-refractivity contribution < 1.29 is 9.90 Å². The summed E-state index contributed by atoms with van der Waals surface area (Å²) in [6, 6.07) is 3.97. The quantitative estimate of drug-likeness (QED) is 0.629. The lowest BCUT2D eigenvalue weighted by Gasteiger charge is -2.13. The number of carbonyl (C=O) groups is 1. The van der Waals surface area contributed by atoms with Gasteiger partial charge in [-0.3, -0.25) is 4.79 Å². The second kappa shape index (κ2) is 7.18. The number of aromatic nitrogens is 1. The van der Waals surface area contributed by atoms with Crippen LogP contribution in [0.3, 0.4) is 0 Å². The van der Waals surface area contributed by atoms with E-state index in [1.165, 1.54) is 0 Å². The molecule has 0 aromatic carbocycles. The summed E-state index contributed by atoms with van der Waals surface area (Å²) in [6.45, 7) is 7.55. The van der Waals surface area contributed by atoms with Gasteiger partial charge >= 0.3 is 0 Å². The second-order valence-electron chi connectivity index (χ2n) is 4.70. The zero-order valence-corrected chi connectivity index (χ0v) is 11.3. The topological polar surface area (TPSA) is 66.3 Å². The van der Waals surface area contributed by atoms with Crippen LogP contribution < -0.4 is 10.6 Å². The monoisotopic (exact) mass is 253 g/mol. The van der Waals surface area contributed by atoms with Crippen LogP contribution in [-0.4, -0.2) is 41.3 Å². The Bertz CT molecular complexity index is 372. The third-order valence-electron chi connectivity index (χ3n) is 2.59. The Kier molecular flexibility index (Phi) is 5.88. The van der Waals surface area contributed by atoms with E-state index < -0.39 is 0 Å². The van der Waals surface area contributed by atoms with Crippen molar-refractivity contribution in [3.63, 3.8) is 0 Å². The summed E-state index contributed by atoms with van der Waals surface area (Å²) in [4.78, 5) is 11.9. The minimum Gasteiger partial charge on any atom is -0.392 e. The van der Waals surface area contributed by atoms with Crippen molar-refractivity contribution in [1.82, 2.24) is 15.2 Å². The zero-order valence-electron chi connectivity index (χ0n) is 11.3. The molecular formula is C13H23N3O2. The van der Waals surface area contributed by atoms with Crippen LogP contribution >= 0.6 is 0 Å². The SMILES string of the molecule is CC(O)CNCCNC(=O)c1cccn1C(C)C. The molecule has 1 aromatic rings. The minimum atomic E-state index is -0.362. The Morgan fingerprint density at radius 3 is 2.72 bits per heavy atom. The van der Waals surface area contributed by atoms with Crippen molar-refractivity contribution in [2.24, 2.45) is 0 Å². The van der Waals surface area contributed by atoms with Crippen molar-refractivity contribution in [2.75, 3.05) is 19.6 Å². The summed E-state index contributed by atoms with van der Waals surface area (Å²) in [5, 5.41) is 15.0. The van der Waals surface area contributed by atoms with E-state index in [0.29, 0.717) is 25.3 Å². The lowest BCUT2D eigenvalue weighted by atomic mass is 10.3. The number of carbonyl (C=O) groups excluding carboxylic acids is 1. The molecule has 0 fully saturated rings. The highest BCUT2D eigenvalue weighted by Crippen LogP contribution is 2.10. The fraction of sp³-hybridized carbons (Fsp3) is 0.615. The fourth-order valence-electron chi connectivity index (χ4n) is 1.70. The van der Waals surface area contributed by atoms with E-state index in [9.17, 15) is 4.79 Å². The molecule has 1 amide bonds. The summed E-state index contributed by atoms with van der Waals surface area (Å²) >= 11 is 0. The van der Waals surface area contributed by atoms with Crippen molar-refractivity contribution in [2.45, 2.75) is 32.9 Å². The second-order valence-corrected chi connectivity index (χ2v) is 4.70. The molecule has 0 bridgehead atoms. The average Bonchev–Trinajstić information content (AvgIpc) is 2.76. The normalized spacial score (nSPS) is 12.7. The van der Waals surface area contributed by atoms with E-state index in [2.05, 4.69) is 10.6 Å². The molecular weight excluding hydrogens is 230 g/mol. The Balaban J connectivity index is 2.34. The van der Waals surface area contributed by atoms with E-state index in [-0.39, 0.29) is 18.1 Å². The summed E-state index contributed by atoms with van der Waals surface area (Å²) in [7, 11) is 0. The smallest absolute Gasteiger partial charge is 0.267 e. The molecule has 1 atom stereocenters. The number of amides is 1. The summed E-state index contributed by atoms with van der Waals surface area (Å²) < 4.78 is 1.94. The van der Waals surface area contributed by atoms with E-state index in [0.717, 1.165) is 0 Å². The molecule has 5 heteroatoms. The van der Waals surface area contributed by atoms with E-state index in [4.69, 9.17) is 5.11 Å². The molecule has 1 aromatic heterocycles. The molecule has 18 heavy (non-hydrogen) atoms. The van der Waals surface area contributed by atoms with Crippen LogP contribution in [0.5, 0.6) is 0 Å². The number of nitrogens with zero attached hydrogens (tertiary/aromatic N) is 1. The highest BCUT2D eigenvalue weighted by molar-refractivity contribution is 5.92. The minimum absolute atomic E-state index is 0.0625. The maximum absolute atomic E-state index is 11.9. The van der Waals surface area contributed by atoms with Gasteiger partial charge in [-0.15, -0.1) is 0 Å². The molecule has 0 saturated heterocycles. The van der Waals surface area contributed by atoms with Gasteiger partial charge in [-0.25, -0.2) is 0 Å². The molecule has 0 aliphatic rings. The lowest BCUT2D eigenvalue weighted by molar-refractivity contribution is 0.0943. The zero-order chi connectivity index (χ0) is 13.5. The van der Waals surface area contributed by atoms with Crippen molar-refractivity contribution in [1.29, 1.82) is 0 Å². The largest absolute Gasteiger partial charge is 0.392 e. The van der Waals surface area contributed by atoms with Crippen molar-refractivity contribution in [3.8, 4) is 0 Å². The molecule has 0 spiro atoms. The summed E-state index contributed by atoms with van der Waals surface area (Å²) in [5.41, 5.74) is 0.681. The first-order chi connectivity index (χ1) is 8.52.